The third kappa shape index (κ3) is 4.31. The Kier molecular flexibility index (Phi) is 6.76. The summed E-state index contributed by atoms with van der Waals surface area (Å²) >= 11 is 0. The van der Waals surface area contributed by atoms with Crippen LogP contribution in [-0.2, 0) is 13.2 Å². The van der Waals surface area contributed by atoms with E-state index in [1.807, 2.05) is 18.2 Å². The van der Waals surface area contributed by atoms with Crippen LogP contribution < -0.4 is 4.74 Å². The maximum Gasteiger partial charge on any atom is 0.123 e. The lowest BCUT2D eigenvalue weighted by Crippen LogP contribution is -2.25. The summed E-state index contributed by atoms with van der Waals surface area (Å²) in [5, 5.41) is 9.21. The Balaban J connectivity index is 2.84. The Labute approximate surface area is 110 Å². The van der Waals surface area contributed by atoms with Crippen molar-refractivity contribution in [2.45, 2.75) is 39.8 Å². The first-order chi connectivity index (χ1) is 8.74. The summed E-state index contributed by atoms with van der Waals surface area (Å²) in [6.07, 6.45) is 2.31. The summed E-state index contributed by atoms with van der Waals surface area (Å²) in [4.78, 5) is 2.43. The van der Waals surface area contributed by atoms with Gasteiger partial charge in [-0.2, -0.15) is 0 Å². The van der Waals surface area contributed by atoms with Gasteiger partial charge in [0.05, 0.1) is 13.7 Å². The van der Waals surface area contributed by atoms with Crippen molar-refractivity contribution in [3.63, 3.8) is 0 Å². The van der Waals surface area contributed by atoms with Crippen molar-refractivity contribution in [1.29, 1.82) is 0 Å². The fourth-order valence-electron chi connectivity index (χ4n) is 2.20. The van der Waals surface area contributed by atoms with Crippen molar-refractivity contribution in [3.8, 4) is 5.75 Å². The van der Waals surface area contributed by atoms with E-state index in [-0.39, 0.29) is 6.61 Å². The number of rotatable bonds is 8. The summed E-state index contributed by atoms with van der Waals surface area (Å²) in [6, 6.07) is 5.89. The number of ether oxygens (including phenoxy) is 1. The maximum atomic E-state index is 9.21. The molecule has 102 valence electrons. The second-order valence-electron chi connectivity index (χ2n) is 4.58. The van der Waals surface area contributed by atoms with Gasteiger partial charge in [0, 0.05) is 12.1 Å². The van der Waals surface area contributed by atoms with Crippen LogP contribution in [0.25, 0.3) is 0 Å². The molecule has 0 radical (unpaired) electrons. The number of benzene rings is 1. The van der Waals surface area contributed by atoms with Gasteiger partial charge in [-0.3, -0.25) is 4.90 Å². The quantitative estimate of drug-likeness (QED) is 0.771. The van der Waals surface area contributed by atoms with Crippen molar-refractivity contribution < 1.29 is 9.84 Å². The predicted octanol–water partition coefficient (Wildman–Crippen LogP) is 2.81. The average molecular weight is 251 g/mol. The van der Waals surface area contributed by atoms with E-state index < -0.39 is 0 Å². The fourth-order valence-corrected chi connectivity index (χ4v) is 2.20. The summed E-state index contributed by atoms with van der Waals surface area (Å²) < 4.78 is 5.39. The van der Waals surface area contributed by atoms with Crippen molar-refractivity contribution in [2.75, 3.05) is 20.2 Å². The highest BCUT2D eigenvalue weighted by atomic mass is 16.5. The number of methoxy groups -OCH3 is 1. The molecule has 0 unspecified atom stereocenters. The fraction of sp³-hybridized carbons (Fsp3) is 0.600. The van der Waals surface area contributed by atoms with Gasteiger partial charge in [-0.25, -0.2) is 0 Å². The molecule has 0 atom stereocenters. The molecule has 0 fully saturated rings. The van der Waals surface area contributed by atoms with Crippen LogP contribution in [0.5, 0.6) is 5.75 Å². The van der Waals surface area contributed by atoms with E-state index in [9.17, 15) is 5.11 Å². The second-order valence-corrected chi connectivity index (χ2v) is 4.58. The van der Waals surface area contributed by atoms with Crippen molar-refractivity contribution in [3.05, 3.63) is 29.3 Å². The topological polar surface area (TPSA) is 32.7 Å². The molecule has 1 aromatic rings. The molecule has 0 bridgehead atoms. The minimum Gasteiger partial charge on any atom is -0.496 e. The Hall–Kier alpha value is -1.06. The number of aliphatic hydroxyl groups excluding tert-OH is 1. The standard InChI is InChI=1S/C15H25NO2/c1-4-8-16(9-5-2)11-14-10-13(12-17)6-7-15(14)18-3/h6-7,10,17H,4-5,8-9,11-12H2,1-3H3. The summed E-state index contributed by atoms with van der Waals surface area (Å²) in [6.45, 7) is 7.56. The Morgan fingerprint density at radius 1 is 1.17 bits per heavy atom. The van der Waals surface area contributed by atoms with Gasteiger partial charge in [0.25, 0.3) is 0 Å². The molecule has 3 nitrogen and oxygen atoms in total. The molecule has 0 amide bonds. The van der Waals surface area contributed by atoms with Crippen molar-refractivity contribution in [2.24, 2.45) is 0 Å². The van der Waals surface area contributed by atoms with Crippen molar-refractivity contribution in [1.82, 2.24) is 4.90 Å². The van der Waals surface area contributed by atoms with Crippen LogP contribution in [0.15, 0.2) is 18.2 Å². The van der Waals surface area contributed by atoms with Gasteiger partial charge in [-0.1, -0.05) is 19.9 Å². The lowest BCUT2D eigenvalue weighted by Gasteiger charge is -2.22. The predicted molar refractivity (Wildman–Crippen MR) is 74.8 cm³/mol. The molecule has 3 heteroatoms. The zero-order valence-electron chi connectivity index (χ0n) is 11.8. The first kappa shape index (κ1) is 15.0. The monoisotopic (exact) mass is 251 g/mol. The SMILES string of the molecule is CCCN(CCC)Cc1cc(CO)ccc1OC. The van der Waals surface area contributed by atoms with Crippen LogP contribution in [0.2, 0.25) is 0 Å². The van der Waals surface area contributed by atoms with Gasteiger partial charge in [-0.15, -0.1) is 0 Å². The van der Waals surface area contributed by atoms with E-state index in [4.69, 9.17) is 4.74 Å². The van der Waals surface area contributed by atoms with Gasteiger partial charge in [0.15, 0.2) is 0 Å². The molecule has 0 saturated carbocycles. The molecule has 18 heavy (non-hydrogen) atoms. The first-order valence-corrected chi connectivity index (χ1v) is 6.74. The summed E-state index contributed by atoms with van der Waals surface area (Å²) in [5.74, 6) is 0.907. The van der Waals surface area contributed by atoms with Gasteiger partial charge in [-0.05, 0) is 43.6 Å². The first-order valence-electron chi connectivity index (χ1n) is 6.74. The lowest BCUT2D eigenvalue weighted by atomic mass is 10.1. The van der Waals surface area contributed by atoms with Crippen molar-refractivity contribution >= 4 is 0 Å². The minimum atomic E-state index is 0.0819. The van der Waals surface area contributed by atoms with Crippen LogP contribution in [0, 0.1) is 0 Å². The Bertz CT molecular complexity index is 346. The van der Waals surface area contributed by atoms with Gasteiger partial charge in [0.1, 0.15) is 5.75 Å². The molecule has 1 N–H and O–H groups in total. The zero-order valence-corrected chi connectivity index (χ0v) is 11.8. The molecular weight excluding hydrogens is 226 g/mol. The molecule has 1 aromatic carbocycles. The van der Waals surface area contributed by atoms with E-state index in [1.165, 1.54) is 0 Å². The molecular formula is C15H25NO2. The molecule has 0 saturated heterocycles. The molecule has 0 aromatic heterocycles. The number of aliphatic hydroxyl groups is 1. The van der Waals surface area contributed by atoms with E-state index in [2.05, 4.69) is 18.7 Å². The lowest BCUT2D eigenvalue weighted by molar-refractivity contribution is 0.260. The molecule has 0 aliphatic carbocycles. The number of nitrogens with zero attached hydrogens (tertiary/aromatic N) is 1. The maximum absolute atomic E-state index is 9.21. The highest BCUT2D eigenvalue weighted by Gasteiger charge is 2.09. The number of hydrogen-bond acceptors (Lipinski definition) is 3. The largest absolute Gasteiger partial charge is 0.496 e. The van der Waals surface area contributed by atoms with Crippen LogP contribution in [0.3, 0.4) is 0 Å². The highest BCUT2D eigenvalue weighted by Crippen LogP contribution is 2.22. The van der Waals surface area contributed by atoms with Gasteiger partial charge in [0.2, 0.25) is 0 Å². The molecule has 1 rings (SSSR count). The molecule has 0 spiro atoms. The second kappa shape index (κ2) is 8.11. The molecule has 0 aliphatic heterocycles. The summed E-state index contributed by atoms with van der Waals surface area (Å²) in [5.41, 5.74) is 2.10. The van der Waals surface area contributed by atoms with Gasteiger partial charge < -0.3 is 9.84 Å². The van der Waals surface area contributed by atoms with E-state index in [0.717, 1.165) is 49.4 Å². The zero-order chi connectivity index (χ0) is 13.4. The van der Waals surface area contributed by atoms with Gasteiger partial charge >= 0.3 is 0 Å². The third-order valence-electron chi connectivity index (χ3n) is 3.00. The summed E-state index contributed by atoms with van der Waals surface area (Å²) in [7, 11) is 1.70. The Morgan fingerprint density at radius 3 is 2.33 bits per heavy atom. The smallest absolute Gasteiger partial charge is 0.123 e. The molecule has 0 heterocycles. The Morgan fingerprint density at radius 2 is 1.83 bits per heavy atom. The third-order valence-corrected chi connectivity index (χ3v) is 3.00. The molecule has 0 aliphatic rings. The average Bonchev–Trinajstić information content (AvgIpc) is 2.39. The van der Waals surface area contributed by atoms with Crippen LogP contribution in [0.1, 0.15) is 37.8 Å². The van der Waals surface area contributed by atoms with Crippen LogP contribution in [0.4, 0.5) is 0 Å². The highest BCUT2D eigenvalue weighted by molar-refractivity contribution is 5.37. The van der Waals surface area contributed by atoms with E-state index in [0.29, 0.717) is 0 Å². The minimum absolute atomic E-state index is 0.0819. The van der Waals surface area contributed by atoms with E-state index in [1.54, 1.807) is 7.11 Å². The number of hydrogen-bond donors (Lipinski definition) is 1. The van der Waals surface area contributed by atoms with Crippen LogP contribution in [-0.4, -0.2) is 30.2 Å². The normalized spacial score (nSPS) is 10.9. The van der Waals surface area contributed by atoms with E-state index >= 15 is 0 Å². The van der Waals surface area contributed by atoms with Crippen LogP contribution >= 0.6 is 0 Å².